The zero-order valence-corrected chi connectivity index (χ0v) is 12.4. The maximum atomic E-state index is 13.2. The van der Waals surface area contributed by atoms with Crippen LogP contribution in [0.15, 0.2) is 12.3 Å². The van der Waals surface area contributed by atoms with Crippen molar-refractivity contribution in [1.29, 1.82) is 0 Å². The maximum absolute atomic E-state index is 13.2. The predicted molar refractivity (Wildman–Crippen MR) is 74.7 cm³/mol. The van der Waals surface area contributed by atoms with E-state index in [2.05, 4.69) is 4.98 Å². The number of hydrogen-bond donors (Lipinski definition) is 1. The number of likely N-dealkylation sites (tertiary alicyclic amines) is 1. The van der Waals surface area contributed by atoms with E-state index in [-0.39, 0.29) is 10.7 Å². The zero-order valence-electron chi connectivity index (χ0n) is 11.6. The molecule has 1 saturated heterocycles. The molecule has 2 heterocycles. The molecule has 0 spiro atoms. The normalized spacial score (nSPS) is 17.6. The molecule has 21 heavy (non-hydrogen) atoms. The van der Waals surface area contributed by atoms with Crippen molar-refractivity contribution in [2.45, 2.75) is 26.2 Å². The summed E-state index contributed by atoms with van der Waals surface area (Å²) in [7, 11) is 0. The van der Waals surface area contributed by atoms with Gasteiger partial charge in [0.1, 0.15) is 11.0 Å². The van der Waals surface area contributed by atoms with Gasteiger partial charge in [-0.15, -0.1) is 0 Å². The molecule has 1 aliphatic rings. The van der Waals surface area contributed by atoms with Crippen molar-refractivity contribution in [1.82, 2.24) is 9.88 Å². The first kappa shape index (κ1) is 15.7. The number of piperidine rings is 1. The molecule has 2 rings (SSSR count). The number of carboxylic acids is 1. The topological polar surface area (TPSA) is 70.5 Å². The number of aromatic nitrogens is 1. The highest BCUT2D eigenvalue weighted by Crippen LogP contribution is 2.35. The SMILES string of the molecule is CCC1(C(=O)O)CCN(C(=O)c2cc(F)cnc2Cl)CC1. The fraction of sp³-hybridized carbons (Fsp3) is 0.500. The van der Waals surface area contributed by atoms with E-state index in [1.807, 2.05) is 6.92 Å². The first-order valence-corrected chi connectivity index (χ1v) is 7.11. The van der Waals surface area contributed by atoms with Crippen LogP contribution in [0.2, 0.25) is 5.15 Å². The van der Waals surface area contributed by atoms with Crippen LogP contribution in [-0.4, -0.2) is 40.0 Å². The van der Waals surface area contributed by atoms with E-state index < -0.39 is 23.1 Å². The number of pyridine rings is 1. The molecule has 1 fully saturated rings. The van der Waals surface area contributed by atoms with Crippen molar-refractivity contribution in [3.05, 3.63) is 28.8 Å². The van der Waals surface area contributed by atoms with Gasteiger partial charge in [0.05, 0.1) is 17.2 Å². The Balaban J connectivity index is 2.13. The van der Waals surface area contributed by atoms with Gasteiger partial charge in [-0.05, 0) is 25.3 Å². The van der Waals surface area contributed by atoms with Gasteiger partial charge in [-0.25, -0.2) is 9.37 Å². The minimum absolute atomic E-state index is 0.0102. The van der Waals surface area contributed by atoms with Crippen LogP contribution in [0.25, 0.3) is 0 Å². The second kappa shape index (κ2) is 5.97. The van der Waals surface area contributed by atoms with Gasteiger partial charge in [0.2, 0.25) is 0 Å². The summed E-state index contributed by atoms with van der Waals surface area (Å²) in [5.74, 6) is -1.88. The lowest BCUT2D eigenvalue weighted by atomic mass is 9.76. The molecule has 7 heteroatoms. The van der Waals surface area contributed by atoms with Crippen LogP contribution < -0.4 is 0 Å². The highest BCUT2D eigenvalue weighted by Gasteiger charge is 2.41. The van der Waals surface area contributed by atoms with E-state index in [9.17, 15) is 19.1 Å². The van der Waals surface area contributed by atoms with Crippen molar-refractivity contribution >= 4 is 23.5 Å². The van der Waals surface area contributed by atoms with Crippen LogP contribution >= 0.6 is 11.6 Å². The smallest absolute Gasteiger partial charge is 0.309 e. The van der Waals surface area contributed by atoms with E-state index in [1.54, 1.807) is 0 Å². The minimum Gasteiger partial charge on any atom is -0.481 e. The standard InChI is InChI=1S/C14H16ClFN2O3/c1-2-14(13(20)21)3-5-18(6-4-14)12(19)10-7-9(16)8-17-11(10)15/h7-8H,2-6H2,1H3,(H,20,21). The third-order valence-electron chi connectivity index (χ3n) is 4.17. The molecule has 0 aliphatic carbocycles. The Morgan fingerprint density at radius 3 is 2.62 bits per heavy atom. The first-order valence-electron chi connectivity index (χ1n) is 6.73. The Hall–Kier alpha value is -1.69. The molecular weight excluding hydrogens is 299 g/mol. The van der Waals surface area contributed by atoms with Gasteiger partial charge in [0.15, 0.2) is 0 Å². The molecule has 1 amide bonds. The van der Waals surface area contributed by atoms with Gasteiger partial charge in [0, 0.05) is 13.1 Å². The molecule has 0 bridgehead atoms. The van der Waals surface area contributed by atoms with Gasteiger partial charge in [-0.3, -0.25) is 9.59 Å². The Morgan fingerprint density at radius 1 is 1.48 bits per heavy atom. The summed E-state index contributed by atoms with van der Waals surface area (Å²) >= 11 is 5.82. The Bertz CT molecular complexity index is 571. The second-order valence-corrected chi connectivity index (χ2v) is 5.58. The summed E-state index contributed by atoms with van der Waals surface area (Å²) in [6.07, 6.45) is 2.23. The Kier molecular flexibility index (Phi) is 4.46. The van der Waals surface area contributed by atoms with Gasteiger partial charge in [-0.2, -0.15) is 0 Å². The van der Waals surface area contributed by atoms with E-state index in [0.29, 0.717) is 32.4 Å². The van der Waals surface area contributed by atoms with Crippen molar-refractivity contribution in [2.75, 3.05) is 13.1 Å². The van der Waals surface area contributed by atoms with E-state index in [0.717, 1.165) is 12.3 Å². The zero-order chi connectivity index (χ0) is 15.6. The lowest BCUT2D eigenvalue weighted by Gasteiger charge is -2.38. The molecule has 0 atom stereocenters. The number of carbonyl (C=O) groups is 2. The third-order valence-corrected chi connectivity index (χ3v) is 4.48. The fourth-order valence-electron chi connectivity index (χ4n) is 2.60. The number of aliphatic carboxylic acids is 1. The molecular formula is C14H16ClFN2O3. The lowest BCUT2D eigenvalue weighted by molar-refractivity contribution is -0.152. The van der Waals surface area contributed by atoms with Crippen LogP contribution in [-0.2, 0) is 4.79 Å². The number of nitrogens with zero attached hydrogens (tertiary/aromatic N) is 2. The molecule has 1 aromatic rings. The minimum atomic E-state index is -0.831. The average Bonchev–Trinajstić information content (AvgIpc) is 2.49. The van der Waals surface area contributed by atoms with Crippen molar-refractivity contribution < 1.29 is 19.1 Å². The molecule has 1 aliphatic heterocycles. The van der Waals surface area contributed by atoms with Gasteiger partial charge in [-0.1, -0.05) is 18.5 Å². The fourth-order valence-corrected chi connectivity index (χ4v) is 2.78. The highest BCUT2D eigenvalue weighted by atomic mass is 35.5. The van der Waals surface area contributed by atoms with Crippen LogP contribution in [0.4, 0.5) is 4.39 Å². The largest absolute Gasteiger partial charge is 0.481 e. The van der Waals surface area contributed by atoms with E-state index in [1.165, 1.54) is 4.90 Å². The number of hydrogen-bond acceptors (Lipinski definition) is 3. The summed E-state index contributed by atoms with van der Waals surface area (Å²) in [5, 5.41) is 9.28. The molecule has 1 aromatic heterocycles. The summed E-state index contributed by atoms with van der Waals surface area (Å²) in [6.45, 7) is 2.45. The molecule has 0 radical (unpaired) electrons. The third kappa shape index (κ3) is 3.00. The summed E-state index contributed by atoms with van der Waals surface area (Å²) < 4.78 is 13.2. The van der Waals surface area contributed by atoms with E-state index in [4.69, 9.17) is 11.6 Å². The molecule has 1 N–H and O–H groups in total. The highest BCUT2D eigenvalue weighted by molar-refractivity contribution is 6.32. The van der Waals surface area contributed by atoms with Crippen LogP contribution in [0, 0.1) is 11.2 Å². The predicted octanol–water partition coefficient (Wildman–Crippen LogP) is 2.59. The van der Waals surface area contributed by atoms with E-state index >= 15 is 0 Å². The average molecular weight is 315 g/mol. The second-order valence-electron chi connectivity index (χ2n) is 5.22. The molecule has 0 aromatic carbocycles. The number of amides is 1. The molecule has 114 valence electrons. The molecule has 5 nitrogen and oxygen atoms in total. The maximum Gasteiger partial charge on any atom is 0.309 e. The lowest BCUT2D eigenvalue weighted by Crippen LogP contribution is -2.46. The first-order chi connectivity index (χ1) is 9.89. The Morgan fingerprint density at radius 2 is 2.10 bits per heavy atom. The number of carboxylic acid groups (broad SMARTS) is 1. The van der Waals surface area contributed by atoms with Crippen LogP contribution in [0.3, 0.4) is 0 Å². The molecule has 0 saturated carbocycles. The quantitative estimate of drug-likeness (QED) is 0.871. The van der Waals surface area contributed by atoms with Gasteiger partial charge in [0.25, 0.3) is 5.91 Å². The van der Waals surface area contributed by atoms with Crippen LogP contribution in [0.1, 0.15) is 36.5 Å². The summed E-state index contributed by atoms with van der Waals surface area (Å²) in [5.41, 5.74) is -0.767. The van der Waals surface area contributed by atoms with Gasteiger partial charge >= 0.3 is 5.97 Å². The number of rotatable bonds is 3. The monoisotopic (exact) mass is 314 g/mol. The number of halogens is 2. The summed E-state index contributed by atoms with van der Waals surface area (Å²) in [4.78, 5) is 28.8. The van der Waals surface area contributed by atoms with Crippen LogP contribution in [0.5, 0.6) is 0 Å². The summed E-state index contributed by atoms with van der Waals surface area (Å²) in [6, 6.07) is 1.05. The number of carbonyl (C=O) groups excluding carboxylic acids is 1. The van der Waals surface area contributed by atoms with Gasteiger partial charge < -0.3 is 10.0 Å². The Labute approximate surface area is 126 Å². The molecule has 0 unspecified atom stereocenters. The van der Waals surface area contributed by atoms with Crippen molar-refractivity contribution in [2.24, 2.45) is 5.41 Å². The van der Waals surface area contributed by atoms with Crippen molar-refractivity contribution in [3.8, 4) is 0 Å². The van der Waals surface area contributed by atoms with Crippen molar-refractivity contribution in [3.63, 3.8) is 0 Å².